The Morgan fingerprint density at radius 3 is 2.84 bits per heavy atom. The molecule has 3 N–H and O–H groups in total. The summed E-state index contributed by atoms with van der Waals surface area (Å²) in [6.07, 6.45) is 1.67. The average Bonchev–Trinajstić information content (AvgIpc) is 2.39. The smallest absolute Gasteiger partial charge is 0.227 e. The van der Waals surface area contributed by atoms with Crippen LogP contribution in [0.5, 0.6) is 5.75 Å². The minimum atomic E-state index is -0.0423. The molecule has 4 heteroatoms. The largest absolute Gasteiger partial charge is 0.492 e. The van der Waals surface area contributed by atoms with Gasteiger partial charge in [0.15, 0.2) is 0 Å². The van der Waals surface area contributed by atoms with Crippen LogP contribution in [0, 0.1) is 12.8 Å². The van der Waals surface area contributed by atoms with Crippen molar-refractivity contribution in [3.8, 4) is 5.75 Å². The minimum absolute atomic E-state index is 0.0123. The van der Waals surface area contributed by atoms with Gasteiger partial charge in [0.05, 0.1) is 12.3 Å². The number of ether oxygens (including phenoxy) is 1. The van der Waals surface area contributed by atoms with Gasteiger partial charge < -0.3 is 15.8 Å². The van der Waals surface area contributed by atoms with E-state index in [-0.39, 0.29) is 11.8 Å². The zero-order valence-electron chi connectivity index (χ0n) is 12.0. The second kappa shape index (κ2) is 7.79. The van der Waals surface area contributed by atoms with E-state index in [0.717, 1.165) is 29.8 Å². The summed E-state index contributed by atoms with van der Waals surface area (Å²) in [7, 11) is 0. The molecule has 1 aromatic carbocycles. The van der Waals surface area contributed by atoms with Crippen LogP contribution in [0.1, 0.15) is 32.3 Å². The maximum atomic E-state index is 12.1. The van der Waals surface area contributed by atoms with E-state index < -0.39 is 0 Å². The molecule has 0 radical (unpaired) electrons. The highest BCUT2D eigenvalue weighted by Gasteiger charge is 2.14. The van der Waals surface area contributed by atoms with Crippen molar-refractivity contribution in [1.82, 2.24) is 0 Å². The lowest BCUT2D eigenvalue weighted by atomic mass is 10.0. The molecule has 0 bridgehead atoms. The second-order valence-electron chi connectivity index (χ2n) is 4.75. The summed E-state index contributed by atoms with van der Waals surface area (Å²) in [5, 5.41) is 2.93. The summed E-state index contributed by atoms with van der Waals surface area (Å²) in [4.78, 5) is 12.1. The summed E-state index contributed by atoms with van der Waals surface area (Å²) in [5.41, 5.74) is 7.30. The van der Waals surface area contributed by atoms with Crippen LogP contribution in [0.15, 0.2) is 18.2 Å². The Hall–Kier alpha value is -1.55. The monoisotopic (exact) mass is 264 g/mol. The molecular weight excluding hydrogens is 240 g/mol. The SMILES string of the molecule is CCOc1cc(C)ccc1NC(=O)C(C)CCCN. The van der Waals surface area contributed by atoms with Crippen LogP contribution < -0.4 is 15.8 Å². The molecule has 1 unspecified atom stereocenters. The average molecular weight is 264 g/mol. The highest BCUT2D eigenvalue weighted by molar-refractivity contribution is 5.93. The third-order valence-corrected chi connectivity index (χ3v) is 2.98. The lowest BCUT2D eigenvalue weighted by Crippen LogP contribution is -2.21. The van der Waals surface area contributed by atoms with Crippen LogP contribution in [0.3, 0.4) is 0 Å². The number of carbonyl (C=O) groups is 1. The number of nitrogens with two attached hydrogens (primary N) is 1. The van der Waals surface area contributed by atoms with Gasteiger partial charge in [0.25, 0.3) is 0 Å². The predicted molar refractivity (Wildman–Crippen MR) is 78.4 cm³/mol. The molecule has 1 aromatic rings. The standard InChI is InChI=1S/C15H24N2O2/c1-4-19-14-10-11(2)7-8-13(14)17-15(18)12(3)6-5-9-16/h7-8,10,12H,4-6,9,16H2,1-3H3,(H,17,18). The van der Waals surface area contributed by atoms with Gasteiger partial charge in [-0.25, -0.2) is 0 Å². The molecule has 0 aliphatic heterocycles. The van der Waals surface area contributed by atoms with Crippen molar-refractivity contribution < 1.29 is 9.53 Å². The minimum Gasteiger partial charge on any atom is -0.492 e. The van der Waals surface area contributed by atoms with Crippen molar-refractivity contribution in [2.45, 2.75) is 33.6 Å². The number of aryl methyl sites for hydroxylation is 1. The fourth-order valence-corrected chi connectivity index (χ4v) is 1.82. The predicted octanol–water partition coefficient (Wildman–Crippen LogP) is 2.71. The first-order valence-corrected chi connectivity index (χ1v) is 6.82. The van der Waals surface area contributed by atoms with Crippen molar-refractivity contribution in [3.63, 3.8) is 0 Å². The van der Waals surface area contributed by atoms with Gasteiger partial charge in [-0.2, -0.15) is 0 Å². The maximum Gasteiger partial charge on any atom is 0.227 e. The Morgan fingerprint density at radius 1 is 1.47 bits per heavy atom. The molecule has 1 atom stereocenters. The molecule has 0 heterocycles. The molecule has 0 aliphatic rings. The number of hydrogen-bond donors (Lipinski definition) is 2. The first kappa shape index (κ1) is 15.5. The van der Waals surface area contributed by atoms with Crippen molar-refractivity contribution in [2.75, 3.05) is 18.5 Å². The molecule has 19 heavy (non-hydrogen) atoms. The summed E-state index contributed by atoms with van der Waals surface area (Å²) < 4.78 is 5.54. The van der Waals surface area contributed by atoms with Gasteiger partial charge in [-0.1, -0.05) is 13.0 Å². The molecule has 0 aliphatic carbocycles. The Balaban J connectivity index is 2.72. The number of anilines is 1. The zero-order chi connectivity index (χ0) is 14.3. The molecular formula is C15H24N2O2. The maximum absolute atomic E-state index is 12.1. The third kappa shape index (κ3) is 4.91. The molecule has 4 nitrogen and oxygen atoms in total. The molecule has 0 saturated heterocycles. The third-order valence-electron chi connectivity index (χ3n) is 2.98. The van der Waals surface area contributed by atoms with E-state index in [1.165, 1.54) is 0 Å². The quantitative estimate of drug-likeness (QED) is 0.796. The van der Waals surface area contributed by atoms with Crippen LogP contribution >= 0.6 is 0 Å². The van der Waals surface area contributed by atoms with Gasteiger partial charge in [-0.15, -0.1) is 0 Å². The van der Waals surface area contributed by atoms with Crippen LogP contribution in [-0.4, -0.2) is 19.1 Å². The zero-order valence-corrected chi connectivity index (χ0v) is 12.0. The number of rotatable bonds is 7. The van der Waals surface area contributed by atoms with Crippen molar-refractivity contribution in [1.29, 1.82) is 0 Å². The summed E-state index contributed by atoms with van der Waals surface area (Å²) in [6.45, 7) is 7.04. The molecule has 0 spiro atoms. The van der Waals surface area contributed by atoms with Crippen molar-refractivity contribution in [2.24, 2.45) is 11.7 Å². The molecule has 106 valence electrons. The lowest BCUT2D eigenvalue weighted by Gasteiger charge is -2.15. The van der Waals surface area contributed by atoms with Crippen LogP contribution in [0.4, 0.5) is 5.69 Å². The van der Waals surface area contributed by atoms with E-state index in [0.29, 0.717) is 13.2 Å². The van der Waals surface area contributed by atoms with E-state index in [4.69, 9.17) is 10.5 Å². The fraction of sp³-hybridized carbons (Fsp3) is 0.533. The molecule has 0 saturated carbocycles. The van der Waals surface area contributed by atoms with E-state index in [2.05, 4.69) is 5.32 Å². The Labute approximate surface area is 115 Å². The van der Waals surface area contributed by atoms with E-state index in [1.54, 1.807) is 0 Å². The molecule has 0 aromatic heterocycles. The first-order valence-electron chi connectivity index (χ1n) is 6.82. The van der Waals surface area contributed by atoms with Gasteiger partial charge in [0.2, 0.25) is 5.91 Å². The van der Waals surface area contributed by atoms with Crippen molar-refractivity contribution >= 4 is 11.6 Å². The highest BCUT2D eigenvalue weighted by atomic mass is 16.5. The Kier molecular flexibility index (Phi) is 6.36. The van der Waals surface area contributed by atoms with Gasteiger partial charge in [0.1, 0.15) is 5.75 Å². The Morgan fingerprint density at radius 2 is 2.21 bits per heavy atom. The van der Waals surface area contributed by atoms with E-state index in [1.807, 2.05) is 39.0 Å². The van der Waals surface area contributed by atoms with E-state index in [9.17, 15) is 4.79 Å². The molecule has 0 fully saturated rings. The highest BCUT2D eigenvalue weighted by Crippen LogP contribution is 2.26. The number of benzene rings is 1. The van der Waals surface area contributed by atoms with Gasteiger partial charge in [0, 0.05) is 5.92 Å². The second-order valence-corrected chi connectivity index (χ2v) is 4.75. The molecule has 1 rings (SSSR count). The summed E-state index contributed by atoms with van der Waals surface area (Å²) in [5.74, 6) is 0.694. The summed E-state index contributed by atoms with van der Waals surface area (Å²) in [6, 6.07) is 5.78. The van der Waals surface area contributed by atoms with Crippen LogP contribution in [0.25, 0.3) is 0 Å². The van der Waals surface area contributed by atoms with Crippen molar-refractivity contribution in [3.05, 3.63) is 23.8 Å². The molecule has 1 amide bonds. The summed E-state index contributed by atoms with van der Waals surface area (Å²) >= 11 is 0. The number of amides is 1. The van der Waals surface area contributed by atoms with Gasteiger partial charge >= 0.3 is 0 Å². The first-order chi connectivity index (χ1) is 9.08. The van der Waals surface area contributed by atoms with E-state index >= 15 is 0 Å². The van der Waals surface area contributed by atoms with Gasteiger partial charge in [-0.3, -0.25) is 4.79 Å². The fourth-order valence-electron chi connectivity index (χ4n) is 1.82. The number of nitrogens with one attached hydrogen (secondary N) is 1. The Bertz CT molecular complexity index is 419. The lowest BCUT2D eigenvalue weighted by molar-refractivity contribution is -0.119. The normalized spacial score (nSPS) is 12.0. The number of carbonyl (C=O) groups excluding carboxylic acids is 1. The topological polar surface area (TPSA) is 64.3 Å². The van der Waals surface area contributed by atoms with Crippen LogP contribution in [-0.2, 0) is 4.79 Å². The van der Waals surface area contributed by atoms with Crippen LogP contribution in [0.2, 0.25) is 0 Å². The number of hydrogen-bond acceptors (Lipinski definition) is 3. The van der Waals surface area contributed by atoms with Gasteiger partial charge in [-0.05, 0) is 50.9 Å².